The third-order valence-corrected chi connectivity index (χ3v) is 8.14. The lowest BCUT2D eigenvalue weighted by Crippen LogP contribution is -2.44. The fourth-order valence-corrected chi connectivity index (χ4v) is 5.26. The topological polar surface area (TPSA) is 131 Å². The SMILES string of the molecule is CC(C)(OC(=O)Nc1ccc2c(c1)N(S(=O)(=O)c1cccc(OC(F)(F)F)c1)CC(C#CC1(C(=O)O)CC1)O2)C(F)(F)F. The summed E-state index contributed by atoms with van der Waals surface area (Å²) in [7, 11) is -4.71. The van der Waals surface area contributed by atoms with E-state index < -0.39 is 68.9 Å². The fraction of sp³-hybridized carbons (Fsp3) is 0.385. The maximum absolute atomic E-state index is 13.7. The van der Waals surface area contributed by atoms with E-state index in [0.29, 0.717) is 24.2 Å². The number of aliphatic carboxylic acids is 1. The summed E-state index contributed by atoms with van der Waals surface area (Å²) >= 11 is 0. The lowest BCUT2D eigenvalue weighted by atomic mass is 10.1. The van der Waals surface area contributed by atoms with E-state index in [2.05, 4.69) is 26.6 Å². The number of carboxylic acid groups (broad SMARTS) is 1. The number of carbonyl (C=O) groups excluding carboxylic acids is 1. The van der Waals surface area contributed by atoms with Crippen LogP contribution in [0.1, 0.15) is 26.7 Å². The Hall–Kier alpha value is -4.33. The molecule has 0 saturated heterocycles. The van der Waals surface area contributed by atoms with Gasteiger partial charge in [-0.05, 0) is 57.0 Å². The smallest absolute Gasteiger partial charge is 0.480 e. The number of carboxylic acids is 1. The predicted octanol–water partition coefficient (Wildman–Crippen LogP) is 5.30. The first-order chi connectivity index (χ1) is 19.7. The molecule has 1 aliphatic carbocycles. The molecule has 0 aromatic heterocycles. The lowest BCUT2D eigenvalue weighted by molar-refractivity contribution is -0.274. The molecule has 4 rings (SSSR count). The molecule has 232 valence electrons. The number of halogens is 6. The van der Waals surface area contributed by atoms with Crippen LogP contribution in [0.25, 0.3) is 0 Å². The summed E-state index contributed by atoms with van der Waals surface area (Å²) in [4.78, 5) is 23.1. The van der Waals surface area contributed by atoms with Crippen LogP contribution in [-0.4, -0.2) is 56.4 Å². The van der Waals surface area contributed by atoms with Gasteiger partial charge in [-0.1, -0.05) is 17.9 Å². The van der Waals surface area contributed by atoms with Gasteiger partial charge in [-0.25, -0.2) is 13.2 Å². The zero-order chi connectivity index (χ0) is 32.0. The van der Waals surface area contributed by atoms with Crippen LogP contribution in [0.5, 0.6) is 11.5 Å². The van der Waals surface area contributed by atoms with Gasteiger partial charge in [-0.15, -0.1) is 13.2 Å². The highest BCUT2D eigenvalue weighted by atomic mass is 32.2. The molecule has 2 N–H and O–H groups in total. The van der Waals surface area contributed by atoms with Crippen LogP contribution in [0.2, 0.25) is 0 Å². The molecule has 0 bridgehead atoms. The number of carbonyl (C=O) groups is 2. The summed E-state index contributed by atoms with van der Waals surface area (Å²) in [5.74, 6) is 3.03. The first-order valence-corrected chi connectivity index (χ1v) is 13.7. The average molecular weight is 637 g/mol. The van der Waals surface area contributed by atoms with Gasteiger partial charge in [0, 0.05) is 11.8 Å². The van der Waals surface area contributed by atoms with Gasteiger partial charge in [0.2, 0.25) is 5.60 Å². The number of fused-ring (bicyclic) bond motifs is 1. The summed E-state index contributed by atoms with van der Waals surface area (Å²) in [5.41, 5.74) is -4.65. The zero-order valence-electron chi connectivity index (χ0n) is 22.2. The molecular weight excluding hydrogens is 614 g/mol. The number of sulfonamides is 1. The second kappa shape index (κ2) is 10.7. The fourth-order valence-electron chi connectivity index (χ4n) is 3.76. The standard InChI is InChI=1S/C26H22F6N2O8S/c1-23(2,25(27,28)29)42-22(37)33-15-6-7-20-19(12-15)34(14-17(40-20)8-9-24(10-11-24)21(35)36)43(38,39)18-5-3-4-16(13-18)41-26(30,31)32/h3-7,12-13,17H,10-11,14H2,1-2H3,(H,33,37)(H,35,36). The van der Waals surface area contributed by atoms with Crippen molar-refractivity contribution in [2.45, 2.75) is 55.8 Å². The number of rotatable bonds is 6. The molecule has 2 aromatic carbocycles. The molecule has 0 radical (unpaired) electrons. The number of anilines is 2. The van der Waals surface area contributed by atoms with Crippen LogP contribution in [0.3, 0.4) is 0 Å². The number of amides is 1. The van der Waals surface area contributed by atoms with E-state index in [1.807, 2.05) is 0 Å². The van der Waals surface area contributed by atoms with Gasteiger partial charge in [0.1, 0.15) is 16.9 Å². The molecule has 2 aliphatic rings. The summed E-state index contributed by atoms with van der Waals surface area (Å²) in [5, 5.41) is 11.5. The molecule has 1 amide bonds. The van der Waals surface area contributed by atoms with Crippen LogP contribution >= 0.6 is 0 Å². The molecule has 10 nitrogen and oxygen atoms in total. The van der Waals surface area contributed by atoms with E-state index in [9.17, 15) is 49.5 Å². The lowest BCUT2D eigenvalue weighted by Gasteiger charge is -2.34. The predicted molar refractivity (Wildman–Crippen MR) is 136 cm³/mol. The number of hydrogen-bond donors (Lipinski definition) is 2. The Bertz CT molecular complexity index is 1610. The van der Waals surface area contributed by atoms with Crippen LogP contribution in [0, 0.1) is 17.3 Å². The largest absolute Gasteiger partial charge is 0.573 e. The van der Waals surface area contributed by atoms with E-state index in [1.54, 1.807) is 0 Å². The van der Waals surface area contributed by atoms with Crippen molar-refractivity contribution in [3.8, 4) is 23.3 Å². The highest BCUT2D eigenvalue weighted by molar-refractivity contribution is 7.92. The Kier molecular flexibility index (Phi) is 7.89. The van der Waals surface area contributed by atoms with Crippen LogP contribution in [0.4, 0.5) is 42.5 Å². The summed E-state index contributed by atoms with van der Waals surface area (Å²) in [6, 6.07) is 6.88. The number of alkyl halides is 6. The quantitative estimate of drug-likeness (QED) is 0.323. The molecule has 1 aliphatic heterocycles. The van der Waals surface area contributed by atoms with Crippen molar-refractivity contribution in [2.24, 2.45) is 5.41 Å². The second-order valence-electron chi connectivity index (χ2n) is 10.0. The van der Waals surface area contributed by atoms with Gasteiger partial charge in [0.15, 0.2) is 6.10 Å². The molecule has 43 heavy (non-hydrogen) atoms. The maximum Gasteiger partial charge on any atom is 0.573 e. The van der Waals surface area contributed by atoms with Crippen molar-refractivity contribution in [1.29, 1.82) is 0 Å². The maximum atomic E-state index is 13.7. The third-order valence-electron chi connectivity index (χ3n) is 6.36. The van der Waals surface area contributed by atoms with Crippen molar-refractivity contribution in [3.05, 3.63) is 42.5 Å². The number of ether oxygens (including phenoxy) is 3. The van der Waals surface area contributed by atoms with E-state index in [0.717, 1.165) is 24.3 Å². The van der Waals surface area contributed by atoms with Gasteiger partial charge < -0.3 is 19.3 Å². The van der Waals surface area contributed by atoms with Crippen molar-refractivity contribution < 1.29 is 63.7 Å². The first-order valence-electron chi connectivity index (χ1n) is 12.2. The van der Waals surface area contributed by atoms with Gasteiger partial charge in [0.05, 0.1) is 17.1 Å². The van der Waals surface area contributed by atoms with Crippen molar-refractivity contribution in [1.82, 2.24) is 0 Å². The van der Waals surface area contributed by atoms with Crippen LogP contribution < -0.4 is 19.1 Å². The third kappa shape index (κ3) is 7.01. The molecule has 1 atom stereocenters. The minimum atomic E-state index is -5.12. The van der Waals surface area contributed by atoms with E-state index in [1.165, 1.54) is 12.1 Å². The molecule has 1 heterocycles. The van der Waals surface area contributed by atoms with Crippen molar-refractivity contribution >= 4 is 33.5 Å². The monoisotopic (exact) mass is 636 g/mol. The second-order valence-corrected chi connectivity index (χ2v) is 11.9. The Morgan fingerprint density at radius 2 is 1.77 bits per heavy atom. The molecule has 1 saturated carbocycles. The van der Waals surface area contributed by atoms with Gasteiger partial charge in [0.25, 0.3) is 10.0 Å². The minimum Gasteiger partial charge on any atom is -0.480 e. The Morgan fingerprint density at radius 3 is 2.35 bits per heavy atom. The summed E-state index contributed by atoms with van der Waals surface area (Å²) < 4.78 is 120. The van der Waals surface area contributed by atoms with Crippen LogP contribution in [0.15, 0.2) is 47.4 Å². The molecule has 1 fully saturated rings. The number of hydrogen-bond acceptors (Lipinski definition) is 7. The summed E-state index contributed by atoms with van der Waals surface area (Å²) in [6.45, 7) is 0.669. The number of nitrogens with one attached hydrogen (secondary N) is 1. The molecule has 0 spiro atoms. The molecule has 17 heteroatoms. The zero-order valence-corrected chi connectivity index (χ0v) is 23.0. The molecule has 2 aromatic rings. The first kappa shape index (κ1) is 31.6. The normalized spacial score (nSPS) is 17.9. The van der Waals surface area contributed by atoms with E-state index in [-0.39, 0.29) is 30.0 Å². The molecule has 1 unspecified atom stereocenters. The van der Waals surface area contributed by atoms with Gasteiger partial charge in [-0.3, -0.25) is 14.4 Å². The minimum absolute atomic E-state index is 0.147. The van der Waals surface area contributed by atoms with Gasteiger partial charge in [-0.2, -0.15) is 13.2 Å². The van der Waals surface area contributed by atoms with Crippen molar-refractivity contribution in [3.63, 3.8) is 0 Å². The Labute approximate surface area is 240 Å². The average Bonchev–Trinajstić information content (AvgIpc) is 3.66. The van der Waals surface area contributed by atoms with E-state index >= 15 is 0 Å². The number of nitrogens with zero attached hydrogens (tertiary/aromatic N) is 1. The van der Waals surface area contributed by atoms with Crippen molar-refractivity contribution in [2.75, 3.05) is 16.2 Å². The Balaban J connectivity index is 1.71. The highest BCUT2D eigenvalue weighted by Gasteiger charge is 2.51. The van der Waals surface area contributed by atoms with Gasteiger partial charge >= 0.3 is 24.6 Å². The number of benzene rings is 2. The Morgan fingerprint density at radius 1 is 1.09 bits per heavy atom. The van der Waals surface area contributed by atoms with Crippen LogP contribution in [-0.2, 0) is 19.6 Å². The molecular formula is C26H22F6N2O8S. The van der Waals surface area contributed by atoms with E-state index in [4.69, 9.17) is 4.74 Å². The highest BCUT2D eigenvalue weighted by Crippen LogP contribution is 2.45. The summed E-state index contributed by atoms with van der Waals surface area (Å²) in [6.07, 6.45) is -12.2.